The molecule has 2 aromatic rings. The number of aliphatic imine (C=N–C) groups is 1. The third-order valence-electron chi connectivity index (χ3n) is 3.12. The minimum atomic E-state index is 0.756. The lowest BCUT2D eigenvalue weighted by atomic mass is 10.2. The van der Waals surface area contributed by atoms with E-state index < -0.39 is 0 Å². The molecule has 1 aromatic carbocycles. The largest absolute Gasteiger partial charge is 0.378 e. The van der Waals surface area contributed by atoms with Crippen molar-refractivity contribution in [2.24, 2.45) is 4.99 Å². The standard InChI is InChI=1S/C16H22N4S/c1-17-16(19-12-15-8-5-9-21-15)18-11-13-6-4-7-14(10-13)20(2)3/h4-10H,11-12H2,1-3H3,(H2,17,18,19). The Morgan fingerprint density at radius 3 is 2.62 bits per heavy atom. The van der Waals surface area contributed by atoms with Gasteiger partial charge in [-0.15, -0.1) is 11.3 Å². The lowest BCUT2D eigenvalue weighted by Gasteiger charge is -2.15. The molecule has 0 saturated heterocycles. The van der Waals surface area contributed by atoms with Gasteiger partial charge in [0.1, 0.15) is 0 Å². The predicted molar refractivity (Wildman–Crippen MR) is 92.1 cm³/mol. The van der Waals surface area contributed by atoms with E-state index in [4.69, 9.17) is 0 Å². The monoisotopic (exact) mass is 302 g/mol. The summed E-state index contributed by atoms with van der Waals surface area (Å²) in [7, 11) is 5.89. The van der Waals surface area contributed by atoms with E-state index in [2.05, 4.69) is 62.3 Å². The van der Waals surface area contributed by atoms with Gasteiger partial charge in [-0.3, -0.25) is 4.99 Å². The molecule has 0 fully saturated rings. The summed E-state index contributed by atoms with van der Waals surface area (Å²) in [5.41, 5.74) is 2.44. The van der Waals surface area contributed by atoms with Crippen molar-refractivity contribution in [2.75, 3.05) is 26.0 Å². The highest BCUT2D eigenvalue weighted by molar-refractivity contribution is 7.09. The highest BCUT2D eigenvalue weighted by Crippen LogP contribution is 2.13. The number of nitrogens with zero attached hydrogens (tertiary/aromatic N) is 2. The molecule has 0 unspecified atom stereocenters. The van der Waals surface area contributed by atoms with Crippen LogP contribution in [-0.4, -0.2) is 27.1 Å². The van der Waals surface area contributed by atoms with Gasteiger partial charge in [0.15, 0.2) is 5.96 Å². The molecule has 0 bridgehead atoms. The average Bonchev–Trinajstić information content (AvgIpc) is 3.01. The molecule has 2 rings (SSSR count). The molecule has 0 aliphatic carbocycles. The van der Waals surface area contributed by atoms with Crippen molar-refractivity contribution >= 4 is 23.0 Å². The van der Waals surface area contributed by atoms with Gasteiger partial charge >= 0.3 is 0 Å². The first-order chi connectivity index (χ1) is 10.2. The summed E-state index contributed by atoms with van der Waals surface area (Å²) in [4.78, 5) is 7.65. The van der Waals surface area contributed by atoms with Crippen molar-refractivity contribution < 1.29 is 0 Å². The lowest BCUT2D eigenvalue weighted by molar-refractivity contribution is 0.815. The van der Waals surface area contributed by atoms with Gasteiger partial charge in [-0.1, -0.05) is 18.2 Å². The van der Waals surface area contributed by atoms with E-state index in [0.717, 1.165) is 19.0 Å². The van der Waals surface area contributed by atoms with Crippen LogP contribution in [-0.2, 0) is 13.1 Å². The molecule has 21 heavy (non-hydrogen) atoms. The van der Waals surface area contributed by atoms with Gasteiger partial charge in [0.05, 0.1) is 6.54 Å². The summed E-state index contributed by atoms with van der Waals surface area (Å²) >= 11 is 1.74. The SMILES string of the molecule is CN=C(NCc1cccc(N(C)C)c1)NCc1cccs1. The van der Waals surface area contributed by atoms with Crippen LogP contribution >= 0.6 is 11.3 Å². The summed E-state index contributed by atoms with van der Waals surface area (Å²) in [6.07, 6.45) is 0. The molecule has 0 spiro atoms. The lowest BCUT2D eigenvalue weighted by Crippen LogP contribution is -2.36. The van der Waals surface area contributed by atoms with Crippen LogP contribution in [0.2, 0.25) is 0 Å². The molecule has 5 heteroatoms. The summed E-state index contributed by atoms with van der Waals surface area (Å²) in [5, 5.41) is 8.74. The fourth-order valence-electron chi connectivity index (χ4n) is 1.94. The Kier molecular flexibility index (Phi) is 5.63. The first-order valence-electron chi connectivity index (χ1n) is 6.92. The molecule has 0 atom stereocenters. The topological polar surface area (TPSA) is 39.7 Å². The van der Waals surface area contributed by atoms with Crippen LogP contribution < -0.4 is 15.5 Å². The first-order valence-corrected chi connectivity index (χ1v) is 7.80. The zero-order valence-corrected chi connectivity index (χ0v) is 13.6. The number of anilines is 1. The minimum Gasteiger partial charge on any atom is -0.378 e. The van der Waals surface area contributed by atoms with Gasteiger partial charge in [0.2, 0.25) is 0 Å². The number of thiophene rings is 1. The Morgan fingerprint density at radius 1 is 1.14 bits per heavy atom. The quantitative estimate of drug-likeness (QED) is 0.659. The smallest absolute Gasteiger partial charge is 0.191 e. The second kappa shape index (κ2) is 7.69. The number of guanidine groups is 1. The van der Waals surface area contributed by atoms with Gasteiger partial charge in [-0.2, -0.15) is 0 Å². The van der Waals surface area contributed by atoms with Crippen LogP contribution in [0, 0.1) is 0 Å². The fourth-order valence-corrected chi connectivity index (χ4v) is 2.58. The molecule has 0 saturated carbocycles. The molecular formula is C16H22N4S. The summed E-state index contributed by atoms with van der Waals surface area (Å²) in [5.74, 6) is 0.818. The van der Waals surface area contributed by atoms with Crippen LogP contribution in [0.1, 0.15) is 10.4 Å². The van der Waals surface area contributed by atoms with Gasteiger partial charge < -0.3 is 15.5 Å². The molecule has 0 radical (unpaired) electrons. The zero-order valence-electron chi connectivity index (χ0n) is 12.8. The number of benzene rings is 1. The molecule has 1 aromatic heterocycles. The summed E-state index contributed by atoms with van der Waals surface area (Å²) in [6.45, 7) is 1.56. The van der Waals surface area contributed by atoms with Gasteiger partial charge in [0, 0.05) is 38.3 Å². The van der Waals surface area contributed by atoms with Crippen molar-refractivity contribution in [1.82, 2.24) is 10.6 Å². The summed E-state index contributed by atoms with van der Waals surface area (Å²) in [6, 6.07) is 12.7. The van der Waals surface area contributed by atoms with E-state index in [1.54, 1.807) is 18.4 Å². The number of hydrogen-bond acceptors (Lipinski definition) is 3. The van der Waals surface area contributed by atoms with Gasteiger partial charge in [-0.05, 0) is 29.1 Å². The molecule has 4 nitrogen and oxygen atoms in total. The van der Waals surface area contributed by atoms with Crippen LogP contribution in [0.25, 0.3) is 0 Å². The molecule has 2 N–H and O–H groups in total. The number of hydrogen-bond donors (Lipinski definition) is 2. The fraction of sp³-hybridized carbons (Fsp3) is 0.312. The van der Waals surface area contributed by atoms with E-state index in [0.29, 0.717) is 0 Å². The maximum Gasteiger partial charge on any atom is 0.191 e. The Labute approximate surface area is 130 Å². The van der Waals surface area contributed by atoms with Crippen molar-refractivity contribution in [3.8, 4) is 0 Å². The Bertz CT molecular complexity index is 576. The average molecular weight is 302 g/mol. The van der Waals surface area contributed by atoms with Crippen LogP contribution in [0.3, 0.4) is 0 Å². The third-order valence-corrected chi connectivity index (χ3v) is 4.00. The van der Waals surface area contributed by atoms with Crippen molar-refractivity contribution in [3.63, 3.8) is 0 Å². The van der Waals surface area contributed by atoms with Crippen molar-refractivity contribution in [1.29, 1.82) is 0 Å². The van der Waals surface area contributed by atoms with Crippen molar-refractivity contribution in [3.05, 3.63) is 52.2 Å². The Morgan fingerprint density at radius 2 is 1.95 bits per heavy atom. The normalized spacial score (nSPS) is 11.3. The highest BCUT2D eigenvalue weighted by atomic mass is 32.1. The van der Waals surface area contributed by atoms with Gasteiger partial charge in [-0.25, -0.2) is 0 Å². The maximum atomic E-state index is 4.25. The van der Waals surface area contributed by atoms with E-state index in [1.807, 2.05) is 14.1 Å². The summed E-state index contributed by atoms with van der Waals surface area (Å²) < 4.78 is 0. The van der Waals surface area contributed by atoms with Crippen molar-refractivity contribution in [2.45, 2.75) is 13.1 Å². The molecule has 1 heterocycles. The van der Waals surface area contributed by atoms with Crippen LogP contribution in [0.4, 0.5) is 5.69 Å². The zero-order chi connectivity index (χ0) is 15.1. The second-order valence-corrected chi connectivity index (χ2v) is 5.96. The van der Waals surface area contributed by atoms with Crippen LogP contribution in [0.5, 0.6) is 0 Å². The molecular weight excluding hydrogens is 280 g/mol. The van der Waals surface area contributed by atoms with Gasteiger partial charge in [0.25, 0.3) is 0 Å². The first kappa shape index (κ1) is 15.4. The Hall–Kier alpha value is -2.01. The van der Waals surface area contributed by atoms with E-state index in [-0.39, 0.29) is 0 Å². The maximum absolute atomic E-state index is 4.25. The second-order valence-electron chi connectivity index (χ2n) is 4.92. The molecule has 0 amide bonds. The number of nitrogens with one attached hydrogen (secondary N) is 2. The highest BCUT2D eigenvalue weighted by Gasteiger charge is 2.01. The molecule has 0 aliphatic rings. The van der Waals surface area contributed by atoms with E-state index in [1.165, 1.54) is 16.1 Å². The third kappa shape index (κ3) is 4.79. The predicted octanol–water partition coefficient (Wildman–Crippen LogP) is 2.68. The minimum absolute atomic E-state index is 0.756. The van der Waals surface area contributed by atoms with E-state index >= 15 is 0 Å². The number of rotatable bonds is 5. The molecule has 0 aliphatic heterocycles. The molecule has 112 valence electrons. The van der Waals surface area contributed by atoms with Crippen LogP contribution in [0.15, 0.2) is 46.8 Å². The Balaban J connectivity index is 1.86. The van der Waals surface area contributed by atoms with E-state index in [9.17, 15) is 0 Å².